The lowest BCUT2D eigenvalue weighted by molar-refractivity contribution is 0.598. The molecule has 6 heteroatoms. The highest BCUT2D eigenvalue weighted by Gasteiger charge is 2.09. The molecule has 0 saturated carbocycles. The standard InChI is InChI=1S/C17H21FN2O2S/c1-2-3-12-23(21,22)20-16-10-8-15(9-11-16)19-13-14-6-4-5-7-17(14)18/h4-11,19-20H,2-3,12-13H2,1H3. The summed E-state index contributed by atoms with van der Waals surface area (Å²) in [6, 6.07) is 13.5. The summed E-state index contributed by atoms with van der Waals surface area (Å²) in [5.74, 6) is -0.128. The smallest absolute Gasteiger partial charge is 0.232 e. The molecule has 2 rings (SSSR count). The molecule has 0 amide bonds. The van der Waals surface area contributed by atoms with Crippen LogP contribution in [0.3, 0.4) is 0 Å². The maximum Gasteiger partial charge on any atom is 0.232 e. The molecule has 0 aliphatic heterocycles. The third-order valence-electron chi connectivity index (χ3n) is 3.37. The first-order valence-electron chi connectivity index (χ1n) is 7.58. The lowest BCUT2D eigenvalue weighted by Gasteiger charge is -2.10. The van der Waals surface area contributed by atoms with Crippen LogP contribution in [0.1, 0.15) is 25.3 Å². The molecular formula is C17H21FN2O2S. The van der Waals surface area contributed by atoms with Gasteiger partial charge in [0.25, 0.3) is 0 Å². The Morgan fingerprint density at radius 1 is 1.00 bits per heavy atom. The number of halogens is 1. The number of unbranched alkanes of at least 4 members (excludes halogenated alkanes) is 1. The van der Waals surface area contributed by atoms with Crippen LogP contribution in [0.15, 0.2) is 48.5 Å². The first-order valence-corrected chi connectivity index (χ1v) is 9.23. The first-order chi connectivity index (χ1) is 11.0. The average molecular weight is 336 g/mol. The maximum absolute atomic E-state index is 13.5. The van der Waals surface area contributed by atoms with Gasteiger partial charge in [-0.1, -0.05) is 31.5 Å². The number of hydrogen-bond donors (Lipinski definition) is 2. The minimum Gasteiger partial charge on any atom is -0.381 e. The van der Waals surface area contributed by atoms with Gasteiger partial charge in [0.15, 0.2) is 0 Å². The molecule has 0 aliphatic rings. The van der Waals surface area contributed by atoms with Crippen LogP contribution in [0.5, 0.6) is 0 Å². The Hall–Kier alpha value is -2.08. The van der Waals surface area contributed by atoms with Crippen molar-refractivity contribution < 1.29 is 12.8 Å². The zero-order valence-corrected chi connectivity index (χ0v) is 13.9. The molecule has 4 nitrogen and oxygen atoms in total. The number of nitrogens with one attached hydrogen (secondary N) is 2. The van der Waals surface area contributed by atoms with Crippen molar-refractivity contribution >= 4 is 21.4 Å². The maximum atomic E-state index is 13.5. The van der Waals surface area contributed by atoms with Crippen molar-refractivity contribution in [3.8, 4) is 0 Å². The Kier molecular flexibility index (Phi) is 5.98. The molecule has 2 aromatic carbocycles. The molecule has 0 heterocycles. The highest BCUT2D eigenvalue weighted by atomic mass is 32.2. The number of benzene rings is 2. The van der Waals surface area contributed by atoms with Crippen LogP contribution in [-0.2, 0) is 16.6 Å². The summed E-state index contributed by atoms with van der Waals surface area (Å²) >= 11 is 0. The van der Waals surface area contributed by atoms with Gasteiger partial charge in [0.1, 0.15) is 5.82 Å². The van der Waals surface area contributed by atoms with Crippen LogP contribution in [0.2, 0.25) is 0 Å². The van der Waals surface area contributed by atoms with Gasteiger partial charge in [-0.3, -0.25) is 4.72 Å². The van der Waals surface area contributed by atoms with E-state index in [0.29, 0.717) is 24.2 Å². The molecule has 2 N–H and O–H groups in total. The Bertz CT molecular complexity index is 731. The van der Waals surface area contributed by atoms with Crippen molar-refractivity contribution in [3.05, 3.63) is 59.9 Å². The second kappa shape index (κ2) is 7.97. The molecule has 124 valence electrons. The van der Waals surface area contributed by atoms with E-state index in [0.717, 1.165) is 12.1 Å². The molecule has 0 atom stereocenters. The van der Waals surface area contributed by atoms with E-state index in [1.807, 2.05) is 6.92 Å². The quantitative estimate of drug-likeness (QED) is 0.766. The van der Waals surface area contributed by atoms with E-state index in [9.17, 15) is 12.8 Å². The van der Waals surface area contributed by atoms with E-state index < -0.39 is 10.0 Å². The minimum atomic E-state index is -3.29. The highest BCUT2D eigenvalue weighted by Crippen LogP contribution is 2.17. The van der Waals surface area contributed by atoms with Gasteiger partial charge < -0.3 is 5.32 Å². The molecule has 0 radical (unpaired) electrons. The van der Waals surface area contributed by atoms with Crippen molar-refractivity contribution in [2.75, 3.05) is 15.8 Å². The summed E-state index contributed by atoms with van der Waals surface area (Å²) in [5, 5.41) is 3.11. The van der Waals surface area contributed by atoms with Gasteiger partial charge in [-0.25, -0.2) is 12.8 Å². The fourth-order valence-corrected chi connectivity index (χ4v) is 3.33. The van der Waals surface area contributed by atoms with Crippen molar-refractivity contribution in [1.82, 2.24) is 0 Å². The Balaban J connectivity index is 1.93. The number of anilines is 2. The Labute approximate surface area is 136 Å². The van der Waals surface area contributed by atoms with E-state index in [1.165, 1.54) is 6.07 Å². The van der Waals surface area contributed by atoms with Crippen molar-refractivity contribution in [1.29, 1.82) is 0 Å². The molecule has 0 aliphatic carbocycles. The molecule has 0 spiro atoms. The summed E-state index contributed by atoms with van der Waals surface area (Å²) in [7, 11) is -3.29. The third kappa shape index (κ3) is 5.56. The normalized spacial score (nSPS) is 11.2. The third-order valence-corrected chi connectivity index (χ3v) is 4.74. The van der Waals surface area contributed by atoms with Gasteiger partial charge in [-0.05, 0) is 36.8 Å². The zero-order valence-electron chi connectivity index (χ0n) is 13.0. The number of sulfonamides is 1. The van der Waals surface area contributed by atoms with E-state index in [1.54, 1.807) is 42.5 Å². The average Bonchev–Trinajstić information content (AvgIpc) is 2.53. The number of rotatable bonds is 8. The van der Waals surface area contributed by atoms with Crippen LogP contribution in [0.25, 0.3) is 0 Å². The highest BCUT2D eigenvalue weighted by molar-refractivity contribution is 7.92. The summed E-state index contributed by atoms with van der Waals surface area (Å²) in [5.41, 5.74) is 1.90. The predicted octanol–water partition coefficient (Wildman–Crippen LogP) is 3.98. The van der Waals surface area contributed by atoms with Gasteiger partial charge in [0.2, 0.25) is 10.0 Å². The first kappa shape index (κ1) is 17.3. The minimum absolute atomic E-state index is 0.122. The van der Waals surface area contributed by atoms with Gasteiger partial charge in [0.05, 0.1) is 5.75 Å². The monoisotopic (exact) mass is 336 g/mol. The lowest BCUT2D eigenvalue weighted by atomic mass is 10.2. The second-order valence-electron chi connectivity index (χ2n) is 5.30. The topological polar surface area (TPSA) is 58.2 Å². The molecule has 23 heavy (non-hydrogen) atoms. The van der Waals surface area contributed by atoms with Crippen LogP contribution >= 0.6 is 0 Å². The fourth-order valence-electron chi connectivity index (χ4n) is 2.06. The summed E-state index contributed by atoms with van der Waals surface area (Å²) in [6.45, 7) is 2.32. The Morgan fingerprint density at radius 2 is 1.65 bits per heavy atom. The van der Waals surface area contributed by atoms with Gasteiger partial charge in [-0.2, -0.15) is 0 Å². The summed E-state index contributed by atoms with van der Waals surface area (Å²) in [4.78, 5) is 0. The van der Waals surface area contributed by atoms with E-state index in [4.69, 9.17) is 0 Å². The Morgan fingerprint density at radius 3 is 2.30 bits per heavy atom. The second-order valence-corrected chi connectivity index (χ2v) is 7.14. The van der Waals surface area contributed by atoms with Crippen LogP contribution < -0.4 is 10.0 Å². The molecule has 0 unspecified atom stereocenters. The molecular weight excluding hydrogens is 315 g/mol. The predicted molar refractivity (Wildman–Crippen MR) is 92.5 cm³/mol. The van der Waals surface area contributed by atoms with E-state index in [-0.39, 0.29) is 11.6 Å². The summed E-state index contributed by atoms with van der Waals surface area (Å²) < 4.78 is 39.7. The molecule has 0 bridgehead atoms. The van der Waals surface area contributed by atoms with Crippen LogP contribution in [0.4, 0.5) is 15.8 Å². The van der Waals surface area contributed by atoms with Crippen LogP contribution in [0, 0.1) is 5.82 Å². The zero-order chi connectivity index (χ0) is 16.7. The SMILES string of the molecule is CCCCS(=O)(=O)Nc1ccc(NCc2ccccc2F)cc1. The molecule has 0 aromatic heterocycles. The summed E-state index contributed by atoms with van der Waals surface area (Å²) in [6.07, 6.45) is 1.47. The van der Waals surface area contributed by atoms with Crippen molar-refractivity contribution in [2.45, 2.75) is 26.3 Å². The molecule has 0 fully saturated rings. The molecule has 2 aromatic rings. The van der Waals surface area contributed by atoms with E-state index >= 15 is 0 Å². The van der Waals surface area contributed by atoms with Gasteiger partial charge in [-0.15, -0.1) is 0 Å². The van der Waals surface area contributed by atoms with Gasteiger partial charge in [0, 0.05) is 23.5 Å². The van der Waals surface area contributed by atoms with E-state index in [2.05, 4.69) is 10.0 Å². The van der Waals surface area contributed by atoms with Crippen molar-refractivity contribution in [2.24, 2.45) is 0 Å². The molecule has 0 saturated heterocycles. The van der Waals surface area contributed by atoms with Crippen molar-refractivity contribution in [3.63, 3.8) is 0 Å². The lowest BCUT2D eigenvalue weighted by Crippen LogP contribution is -2.16. The number of hydrogen-bond acceptors (Lipinski definition) is 3. The fraction of sp³-hybridized carbons (Fsp3) is 0.294. The van der Waals surface area contributed by atoms with Crippen LogP contribution in [-0.4, -0.2) is 14.2 Å². The largest absolute Gasteiger partial charge is 0.381 e. The van der Waals surface area contributed by atoms with Gasteiger partial charge >= 0.3 is 0 Å².